The predicted octanol–water partition coefficient (Wildman–Crippen LogP) is -4.48. The van der Waals surface area contributed by atoms with Crippen molar-refractivity contribution in [3.05, 3.63) is 0 Å². The first-order valence-corrected chi connectivity index (χ1v) is 11.7. The van der Waals surface area contributed by atoms with Gasteiger partial charge in [-0.2, -0.15) is 0 Å². The summed E-state index contributed by atoms with van der Waals surface area (Å²) in [5.41, 5.74) is 0. The predicted molar refractivity (Wildman–Crippen MR) is 76.3 cm³/mol. The van der Waals surface area contributed by atoms with E-state index < -0.39 is 39.1 Å². The molecular weight excluding hydrogens is 489 g/mol. The molecule has 0 saturated carbocycles. The molecule has 0 bridgehead atoms. The van der Waals surface area contributed by atoms with Crippen molar-refractivity contribution in [3.63, 3.8) is 0 Å². The topological polar surface area (TPSA) is 424 Å². The maximum atomic E-state index is 8.88. The van der Waals surface area contributed by atoms with E-state index in [0.717, 1.165) is 0 Å². The van der Waals surface area contributed by atoms with Gasteiger partial charge in [0, 0.05) is 0 Å². The molecule has 0 radical (unpaired) electrons. The minimum atomic E-state index is -4.64. The largest absolute Gasteiger partial charge is 0.466 e. The average molecular weight is 507 g/mol. The summed E-state index contributed by atoms with van der Waals surface area (Å²) in [6, 6.07) is 0. The van der Waals surface area contributed by atoms with Gasteiger partial charge >= 0.3 is 39.1 Å². The fourth-order valence-corrected chi connectivity index (χ4v) is 0. The van der Waals surface area contributed by atoms with Crippen LogP contribution in [0.25, 0.3) is 0 Å². The summed E-state index contributed by atoms with van der Waals surface area (Å²) in [5.74, 6) is 0. The highest BCUT2D eigenvalue weighted by Gasteiger charge is 2.01. The molecule has 0 heterocycles. The van der Waals surface area contributed by atoms with Gasteiger partial charge in [0.2, 0.25) is 0 Å². The fourth-order valence-electron chi connectivity index (χ4n) is 0. The molecule has 26 heavy (non-hydrogen) atoms. The molecule has 0 saturated heterocycles. The lowest BCUT2D eigenvalue weighted by Crippen LogP contribution is -1.66. The van der Waals surface area contributed by atoms with Crippen LogP contribution in [-0.2, 0) is 22.8 Å². The van der Waals surface area contributed by atoms with Crippen molar-refractivity contribution in [1.82, 2.24) is 6.15 Å². The molecule has 0 atom stereocenters. The zero-order valence-corrected chi connectivity index (χ0v) is 16.2. The Labute approximate surface area is 142 Å². The monoisotopic (exact) mass is 507 g/mol. The SMILES string of the molecule is N.O=P(O)(O)O.O=P(O)(O)O.O=P(O)(O)O.O=P(O)(O)O.O=P(O)(O)O. The van der Waals surface area contributed by atoms with E-state index in [0.29, 0.717) is 0 Å². The van der Waals surface area contributed by atoms with Gasteiger partial charge in [-0.05, 0) is 0 Å². The first-order chi connectivity index (χ1) is 10.0. The number of hydrogen-bond acceptors (Lipinski definition) is 6. The van der Waals surface area contributed by atoms with Gasteiger partial charge in [0.15, 0.2) is 0 Å². The van der Waals surface area contributed by atoms with Gasteiger partial charge in [-0.15, -0.1) is 0 Å². The van der Waals surface area contributed by atoms with Crippen molar-refractivity contribution < 1.29 is 96.2 Å². The maximum absolute atomic E-state index is 8.88. The second-order valence-electron chi connectivity index (χ2n) is 2.57. The summed E-state index contributed by atoms with van der Waals surface area (Å²) < 4.78 is 44.4. The van der Waals surface area contributed by atoms with Gasteiger partial charge < -0.3 is 79.6 Å². The Morgan fingerprint density at radius 1 is 0.269 bits per heavy atom. The highest BCUT2D eigenvalue weighted by molar-refractivity contribution is 7.46. The number of rotatable bonds is 0. The van der Waals surface area contributed by atoms with Crippen molar-refractivity contribution in [3.8, 4) is 0 Å². The van der Waals surface area contributed by atoms with E-state index in [1.54, 1.807) is 0 Å². The molecule has 0 aromatic heterocycles. The van der Waals surface area contributed by atoms with Crippen LogP contribution in [0.3, 0.4) is 0 Å². The van der Waals surface area contributed by atoms with Crippen LogP contribution < -0.4 is 6.15 Å². The van der Waals surface area contributed by atoms with Gasteiger partial charge in [0.1, 0.15) is 0 Å². The van der Waals surface area contributed by atoms with Crippen LogP contribution in [0.2, 0.25) is 0 Å². The van der Waals surface area contributed by atoms with E-state index >= 15 is 0 Å². The van der Waals surface area contributed by atoms with Crippen LogP contribution in [0.1, 0.15) is 0 Å². The van der Waals surface area contributed by atoms with Crippen molar-refractivity contribution in [2.24, 2.45) is 0 Å². The van der Waals surface area contributed by atoms with Gasteiger partial charge in [-0.25, -0.2) is 22.8 Å². The van der Waals surface area contributed by atoms with E-state index in [1.807, 2.05) is 0 Å². The molecule has 0 amide bonds. The van der Waals surface area contributed by atoms with Crippen LogP contribution in [-0.4, -0.2) is 73.4 Å². The molecule has 168 valence electrons. The molecule has 0 aliphatic heterocycles. The van der Waals surface area contributed by atoms with Gasteiger partial charge in [-0.3, -0.25) is 0 Å². The first kappa shape index (κ1) is 41.0. The quantitative estimate of drug-likeness (QED) is 0.137. The van der Waals surface area contributed by atoms with Crippen LogP contribution >= 0.6 is 39.1 Å². The minimum Gasteiger partial charge on any atom is -0.344 e. The summed E-state index contributed by atoms with van der Waals surface area (Å²) in [4.78, 5) is 108. The summed E-state index contributed by atoms with van der Waals surface area (Å²) in [5, 5.41) is 0. The third-order valence-corrected chi connectivity index (χ3v) is 0. The van der Waals surface area contributed by atoms with E-state index in [9.17, 15) is 0 Å². The standard InChI is InChI=1S/H3N.5H3O4P/c;5*1-5(2,3)4/h1H3;5*(H3,1,2,3,4). The molecule has 0 aliphatic carbocycles. The molecule has 26 heteroatoms. The lowest BCUT2D eigenvalue weighted by molar-refractivity contribution is 0.272. The second-order valence-corrected chi connectivity index (χ2v) is 7.70. The molecule has 0 spiro atoms. The Kier molecular flexibility index (Phi) is 26.0. The Balaban J connectivity index is -0.0000000476. The molecule has 0 fully saturated rings. The molecule has 0 aromatic carbocycles. The van der Waals surface area contributed by atoms with Crippen molar-refractivity contribution in [2.75, 3.05) is 0 Å². The Morgan fingerprint density at radius 2 is 0.269 bits per heavy atom. The van der Waals surface area contributed by atoms with Crippen molar-refractivity contribution >= 4 is 39.1 Å². The van der Waals surface area contributed by atoms with Crippen molar-refractivity contribution in [1.29, 1.82) is 0 Å². The van der Waals surface area contributed by atoms with E-state index in [2.05, 4.69) is 0 Å². The summed E-state index contributed by atoms with van der Waals surface area (Å²) >= 11 is 0. The normalized spacial score (nSPS) is 11.3. The van der Waals surface area contributed by atoms with E-state index in [1.165, 1.54) is 0 Å². The number of phosphoric acid groups is 5. The molecule has 21 nitrogen and oxygen atoms in total. The molecule has 0 aliphatic rings. The van der Waals surface area contributed by atoms with E-state index in [-0.39, 0.29) is 6.15 Å². The van der Waals surface area contributed by atoms with Gasteiger partial charge in [0.05, 0.1) is 0 Å². The number of hydrogen-bond donors (Lipinski definition) is 16. The summed E-state index contributed by atoms with van der Waals surface area (Å²) in [6.45, 7) is 0. The van der Waals surface area contributed by atoms with Crippen LogP contribution in [0.5, 0.6) is 0 Å². The average Bonchev–Trinajstić information content (AvgIpc) is 1.79. The smallest absolute Gasteiger partial charge is 0.344 e. The Hall–Kier alpha value is 0.510. The van der Waals surface area contributed by atoms with Crippen molar-refractivity contribution in [2.45, 2.75) is 0 Å². The van der Waals surface area contributed by atoms with E-state index in [4.69, 9.17) is 96.2 Å². The zero-order valence-electron chi connectivity index (χ0n) is 11.7. The highest BCUT2D eigenvalue weighted by atomic mass is 31.2. The highest BCUT2D eigenvalue weighted by Crippen LogP contribution is 2.27. The third kappa shape index (κ3) is 52100. The molecule has 0 unspecified atom stereocenters. The van der Waals surface area contributed by atoms with Gasteiger partial charge in [-0.1, -0.05) is 0 Å². The summed E-state index contributed by atoms with van der Waals surface area (Å²) in [6.07, 6.45) is 0. The van der Waals surface area contributed by atoms with Crippen LogP contribution in [0, 0.1) is 0 Å². The maximum Gasteiger partial charge on any atom is 0.466 e. The lowest BCUT2D eigenvalue weighted by atomic mass is 14.0. The lowest BCUT2D eigenvalue weighted by Gasteiger charge is -1.82. The third-order valence-electron chi connectivity index (χ3n) is 0. The minimum absolute atomic E-state index is 0. The Bertz CT molecular complexity index is 371. The zero-order chi connectivity index (χ0) is 22.5. The summed E-state index contributed by atoms with van der Waals surface area (Å²) in [7, 11) is -23.2. The molecule has 0 aromatic rings. The first-order valence-electron chi connectivity index (χ1n) is 3.91. The Morgan fingerprint density at radius 3 is 0.269 bits per heavy atom. The van der Waals surface area contributed by atoms with Gasteiger partial charge in [0.25, 0.3) is 0 Å². The second kappa shape index (κ2) is 16.5. The molecular formula is H18NO20P5. The molecule has 0 rings (SSSR count). The molecule has 18 N–H and O–H groups in total. The fraction of sp³-hybridized carbons (Fsp3) is 0. The van der Waals surface area contributed by atoms with Crippen LogP contribution in [0.4, 0.5) is 0 Å². The van der Waals surface area contributed by atoms with Crippen LogP contribution in [0.15, 0.2) is 0 Å².